The highest BCUT2D eigenvalue weighted by atomic mass is 15.1. The Balaban J connectivity index is 2.40. The van der Waals surface area contributed by atoms with Crippen molar-refractivity contribution in [2.45, 2.75) is 47.2 Å². The molecule has 4 heteroatoms. The van der Waals surface area contributed by atoms with Crippen molar-refractivity contribution < 1.29 is 0 Å². The lowest BCUT2D eigenvalue weighted by Crippen LogP contribution is -2.38. The second-order valence-electron chi connectivity index (χ2n) is 4.68. The van der Waals surface area contributed by atoms with Crippen LogP contribution in [0.1, 0.15) is 37.7 Å². The van der Waals surface area contributed by atoms with Gasteiger partial charge in [-0.15, -0.1) is 0 Å². The fraction of sp³-hybridized carbons (Fsp3) is 0.769. The topological polar surface area (TPSA) is 44.0 Å². The van der Waals surface area contributed by atoms with Crippen molar-refractivity contribution in [3.63, 3.8) is 0 Å². The lowest BCUT2D eigenvalue weighted by molar-refractivity contribution is 0.270. The van der Waals surface area contributed by atoms with Crippen molar-refractivity contribution in [2.75, 3.05) is 19.6 Å². The molecular formula is C13H26N4. The van der Waals surface area contributed by atoms with Crippen LogP contribution in [0.4, 0.5) is 0 Å². The summed E-state index contributed by atoms with van der Waals surface area (Å²) in [7, 11) is 0. The van der Waals surface area contributed by atoms with Gasteiger partial charge in [0, 0.05) is 30.4 Å². The third-order valence-corrected chi connectivity index (χ3v) is 3.33. The van der Waals surface area contributed by atoms with E-state index in [0.717, 1.165) is 31.9 Å². The molecule has 0 radical (unpaired) electrons. The summed E-state index contributed by atoms with van der Waals surface area (Å²) in [5, 5.41) is 10.8. The van der Waals surface area contributed by atoms with Crippen LogP contribution in [0.15, 0.2) is 0 Å². The maximum atomic E-state index is 4.21. The number of aromatic amines is 1. The van der Waals surface area contributed by atoms with Crippen molar-refractivity contribution in [2.24, 2.45) is 0 Å². The summed E-state index contributed by atoms with van der Waals surface area (Å²) in [6, 6.07) is 0.503. The number of likely N-dealkylation sites (N-methyl/N-ethyl adjacent to an activating group) is 1. The zero-order valence-electron chi connectivity index (χ0n) is 11.8. The van der Waals surface area contributed by atoms with E-state index in [2.05, 4.69) is 55.0 Å². The van der Waals surface area contributed by atoms with Crippen molar-refractivity contribution in [3.05, 3.63) is 17.0 Å². The van der Waals surface area contributed by atoms with Crippen LogP contribution in [0, 0.1) is 13.8 Å². The Morgan fingerprint density at radius 2 is 1.94 bits per heavy atom. The number of hydrogen-bond donors (Lipinski definition) is 2. The maximum Gasteiger partial charge on any atom is 0.0638 e. The molecule has 0 aliphatic rings. The lowest BCUT2D eigenvalue weighted by atomic mass is 10.2. The largest absolute Gasteiger partial charge is 0.309 e. The van der Waals surface area contributed by atoms with Crippen LogP contribution < -0.4 is 5.32 Å². The Labute approximate surface area is 105 Å². The zero-order valence-corrected chi connectivity index (χ0v) is 11.8. The highest BCUT2D eigenvalue weighted by molar-refractivity contribution is 5.22. The molecular weight excluding hydrogens is 212 g/mol. The summed E-state index contributed by atoms with van der Waals surface area (Å²) in [6.07, 6.45) is 0. The first-order valence-corrected chi connectivity index (χ1v) is 6.54. The second kappa shape index (κ2) is 6.77. The monoisotopic (exact) mass is 238 g/mol. The highest BCUT2D eigenvalue weighted by Crippen LogP contribution is 2.08. The fourth-order valence-corrected chi connectivity index (χ4v) is 2.04. The molecule has 1 atom stereocenters. The molecule has 17 heavy (non-hydrogen) atoms. The average Bonchev–Trinajstić information content (AvgIpc) is 2.63. The first kappa shape index (κ1) is 14.2. The van der Waals surface area contributed by atoms with E-state index in [1.54, 1.807) is 0 Å². The number of aromatic nitrogens is 2. The van der Waals surface area contributed by atoms with E-state index in [0.29, 0.717) is 6.04 Å². The molecule has 98 valence electrons. The third kappa shape index (κ3) is 4.13. The van der Waals surface area contributed by atoms with Gasteiger partial charge in [-0.1, -0.05) is 13.8 Å². The molecule has 0 aliphatic carbocycles. The first-order chi connectivity index (χ1) is 8.08. The minimum absolute atomic E-state index is 0.503. The standard InChI is InChI=1S/C13H26N4/c1-6-17(7-2)9-10(3)14-8-13-11(4)15-16-12(13)5/h10,14H,6-9H2,1-5H3,(H,15,16). The summed E-state index contributed by atoms with van der Waals surface area (Å²) in [6.45, 7) is 15.0. The van der Waals surface area contributed by atoms with Gasteiger partial charge in [-0.3, -0.25) is 5.10 Å². The predicted molar refractivity (Wildman–Crippen MR) is 72.2 cm³/mol. The lowest BCUT2D eigenvalue weighted by Gasteiger charge is -2.23. The third-order valence-electron chi connectivity index (χ3n) is 3.33. The maximum absolute atomic E-state index is 4.21. The Bertz CT molecular complexity index is 309. The molecule has 1 aromatic heterocycles. The molecule has 4 nitrogen and oxygen atoms in total. The minimum Gasteiger partial charge on any atom is -0.309 e. The van der Waals surface area contributed by atoms with Crippen molar-refractivity contribution in [1.82, 2.24) is 20.4 Å². The summed E-state index contributed by atoms with van der Waals surface area (Å²) in [5.74, 6) is 0. The van der Waals surface area contributed by atoms with Crippen molar-refractivity contribution >= 4 is 0 Å². The molecule has 0 spiro atoms. The van der Waals surface area contributed by atoms with Crippen molar-refractivity contribution in [1.29, 1.82) is 0 Å². The molecule has 1 rings (SSSR count). The predicted octanol–water partition coefficient (Wildman–Crippen LogP) is 1.85. The number of aryl methyl sites for hydroxylation is 2. The molecule has 0 saturated carbocycles. The van der Waals surface area contributed by atoms with Crippen molar-refractivity contribution in [3.8, 4) is 0 Å². The zero-order chi connectivity index (χ0) is 12.8. The van der Waals surface area contributed by atoms with Crippen LogP contribution in [0.5, 0.6) is 0 Å². The van der Waals surface area contributed by atoms with E-state index in [9.17, 15) is 0 Å². The molecule has 0 bridgehead atoms. The van der Waals surface area contributed by atoms with Gasteiger partial charge in [0.05, 0.1) is 5.69 Å². The molecule has 0 amide bonds. The van der Waals surface area contributed by atoms with Gasteiger partial charge in [0.1, 0.15) is 0 Å². The molecule has 0 aliphatic heterocycles. The molecule has 1 unspecified atom stereocenters. The van der Waals surface area contributed by atoms with Crippen LogP contribution in [0.25, 0.3) is 0 Å². The van der Waals surface area contributed by atoms with Gasteiger partial charge in [-0.05, 0) is 33.9 Å². The summed E-state index contributed by atoms with van der Waals surface area (Å²) >= 11 is 0. The van der Waals surface area contributed by atoms with E-state index >= 15 is 0 Å². The smallest absolute Gasteiger partial charge is 0.0638 e. The van der Waals surface area contributed by atoms with Gasteiger partial charge >= 0.3 is 0 Å². The normalized spacial score (nSPS) is 13.3. The van der Waals surface area contributed by atoms with Gasteiger partial charge in [0.2, 0.25) is 0 Å². The Hall–Kier alpha value is -0.870. The molecule has 0 fully saturated rings. The van der Waals surface area contributed by atoms with Crippen LogP contribution in [0.2, 0.25) is 0 Å². The number of nitrogens with one attached hydrogen (secondary N) is 2. The minimum atomic E-state index is 0.503. The van der Waals surface area contributed by atoms with Gasteiger partial charge in [0.25, 0.3) is 0 Å². The van der Waals surface area contributed by atoms with Crippen LogP contribution in [-0.4, -0.2) is 40.8 Å². The van der Waals surface area contributed by atoms with Gasteiger partial charge in [0.15, 0.2) is 0 Å². The SMILES string of the molecule is CCN(CC)CC(C)NCc1c(C)n[nH]c1C. The van der Waals surface area contributed by atoms with E-state index in [4.69, 9.17) is 0 Å². The fourth-order valence-electron chi connectivity index (χ4n) is 2.04. The summed E-state index contributed by atoms with van der Waals surface area (Å²) in [5.41, 5.74) is 3.58. The molecule has 0 saturated heterocycles. The summed E-state index contributed by atoms with van der Waals surface area (Å²) < 4.78 is 0. The van der Waals surface area contributed by atoms with Crippen LogP contribution in [-0.2, 0) is 6.54 Å². The molecule has 1 aromatic rings. The number of H-pyrrole nitrogens is 1. The van der Waals surface area contributed by atoms with Gasteiger partial charge in [-0.2, -0.15) is 5.10 Å². The van der Waals surface area contributed by atoms with Gasteiger partial charge in [-0.25, -0.2) is 0 Å². The number of nitrogens with zero attached hydrogens (tertiary/aromatic N) is 2. The van der Waals surface area contributed by atoms with Gasteiger partial charge < -0.3 is 10.2 Å². The molecule has 0 aromatic carbocycles. The second-order valence-corrected chi connectivity index (χ2v) is 4.68. The number of hydrogen-bond acceptors (Lipinski definition) is 3. The highest BCUT2D eigenvalue weighted by Gasteiger charge is 2.10. The van der Waals surface area contributed by atoms with E-state index < -0.39 is 0 Å². The first-order valence-electron chi connectivity index (χ1n) is 6.54. The van der Waals surface area contributed by atoms with E-state index in [1.807, 2.05) is 0 Å². The molecule has 2 N–H and O–H groups in total. The Kier molecular flexibility index (Phi) is 5.65. The number of rotatable bonds is 7. The molecule has 1 heterocycles. The van der Waals surface area contributed by atoms with Crippen LogP contribution in [0.3, 0.4) is 0 Å². The van der Waals surface area contributed by atoms with E-state index in [-0.39, 0.29) is 0 Å². The van der Waals surface area contributed by atoms with E-state index in [1.165, 1.54) is 11.3 Å². The quantitative estimate of drug-likeness (QED) is 0.762. The Morgan fingerprint density at radius 1 is 1.29 bits per heavy atom. The summed E-state index contributed by atoms with van der Waals surface area (Å²) in [4.78, 5) is 2.44. The average molecular weight is 238 g/mol. The Morgan fingerprint density at radius 3 is 2.41 bits per heavy atom. The van der Waals surface area contributed by atoms with Crippen LogP contribution >= 0.6 is 0 Å².